The van der Waals surface area contributed by atoms with E-state index in [0.29, 0.717) is 38.5 Å². The summed E-state index contributed by atoms with van der Waals surface area (Å²) < 4.78 is 89.3. The average molecular weight is 616 g/mol. The molecule has 1 fully saturated rings. The molecule has 3 heterocycles. The molecule has 0 spiro atoms. The summed E-state index contributed by atoms with van der Waals surface area (Å²) in [4.78, 5) is 18.4. The van der Waals surface area contributed by atoms with Crippen molar-refractivity contribution in [2.75, 3.05) is 51.3 Å². The first-order valence-corrected chi connectivity index (χ1v) is 17.2. The first-order chi connectivity index (χ1) is 19.8. The zero-order chi connectivity index (χ0) is 30.5. The summed E-state index contributed by atoms with van der Waals surface area (Å²) in [6.07, 6.45) is -2.71. The normalized spacial score (nSPS) is 14.8. The largest absolute Gasteiger partial charge is 0.453 e. The van der Waals surface area contributed by atoms with Gasteiger partial charge in [0, 0.05) is 65.4 Å². The Morgan fingerprint density at radius 3 is 2.55 bits per heavy atom. The number of nitrogens with zero attached hydrogens (tertiary/aromatic N) is 3. The summed E-state index contributed by atoms with van der Waals surface area (Å²) in [5.41, 5.74) is -1.59. The number of halogens is 5. The van der Waals surface area contributed by atoms with E-state index in [1.165, 1.54) is 10.8 Å². The van der Waals surface area contributed by atoms with E-state index in [0.717, 1.165) is 31.4 Å². The van der Waals surface area contributed by atoms with E-state index in [9.17, 15) is 26.7 Å². The smallest absolute Gasteiger partial charge is 0.418 e. The number of urea groups is 1. The lowest BCUT2D eigenvalue weighted by Crippen LogP contribution is -2.42. The number of carbonyl (C=O) groups is 1. The molecule has 1 saturated heterocycles. The number of rotatable bonds is 11. The van der Waals surface area contributed by atoms with E-state index in [4.69, 9.17) is 14.2 Å². The Hall–Kier alpha value is -3.27. The summed E-state index contributed by atoms with van der Waals surface area (Å²) in [7, 11) is -1.41. The van der Waals surface area contributed by atoms with Gasteiger partial charge >= 0.3 is 12.2 Å². The van der Waals surface area contributed by atoms with Crippen LogP contribution in [0.1, 0.15) is 5.56 Å². The van der Waals surface area contributed by atoms with Crippen molar-refractivity contribution in [1.29, 1.82) is 0 Å². The Kier molecular flexibility index (Phi) is 10.1. The van der Waals surface area contributed by atoms with Gasteiger partial charge in [-0.05, 0) is 12.1 Å². The summed E-state index contributed by atoms with van der Waals surface area (Å²) in [5, 5.41) is 4.39. The maximum atomic E-state index is 15.0. The highest BCUT2D eigenvalue weighted by atomic mass is 28.3. The summed E-state index contributed by atoms with van der Waals surface area (Å²) >= 11 is 0. The SMILES string of the molecule is C[Si](C)(C)CCOCn1cc(C(F)(F)F)c2c(Oc3cc(F)c(NC(=O)NCCN4CCOCC4)cc3F)ccnc21. The summed E-state index contributed by atoms with van der Waals surface area (Å²) in [6, 6.07) is 2.58. The fourth-order valence-corrected chi connectivity index (χ4v) is 5.02. The molecule has 0 unspecified atom stereocenters. The first-order valence-electron chi connectivity index (χ1n) is 13.5. The third-order valence-electron chi connectivity index (χ3n) is 6.56. The van der Waals surface area contributed by atoms with Crippen LogP contribution >= 0.6 is 0 Å². The van der Waals surface area contributed by atoms with Crippen molar-refractivity contribution < 1.29 is 41.0 Å². The monoisotopic (exact) mass is 615 g/mol. The number of amides is 2. The highest BCUT2D eigenvalue weighted by Crippen LogP contribution is 2.41. The summed E-state index contributed by atoms with van der Waals surface area (Å²) in [5.74, 6) is -3.16. The number of anilines is 1. The molecule has 3 aromatic rings. The molecule has 2 amide bonds. The van der Waals surface area contributed by atoms with Crippen LogP contribution < -0.4 is 15.4 Å². The zero-order valence-corrected chi connectivity index (χ0v) is 24.6. The van der Waals surface area contributed by atoms with Gasteiger partial charge in [-0.25, -0.2) is 18.6 Å². The van der Waals surface area contributed by atoms with Crippen LogP contribution in [0, 0.1) is 11.6 Å². The maximum absolute atomic E-state index is 15.0. The molecule has 1 aliphatic heterocycles. The molecule has 1 aliphatic rings. The van der Waals surface area contributed by atoms with E-state index in [1.807, 2.05) is 0 Å². The van der Waals surface area contributed by atoms with Crippen LogP contribution in [0.5, 0.6) is 11.5 Å². The molecule has 1 aromatic carbocycles. The van der Waals surface area contributed by atoms with Crippen molar-refractivity contribution in [3.63, 3.8) is 0 Å². The third-order valence-corrected chi connectivity index (χ3v) is 8.26. The molecule has 15 heteroatoms. The Morgan fingerprint density at radius 1 is 1.12 bits per heavy atom. The molecule has 2 N–H and O–H groups in total. The standard InChI is InChI=1S/C27H34F5N5O4Si/c1-42(2,3)13-12-40-17-37-16-18(27(30,31)32)24-22(4-5-33-25(24)37)41-23-15-19(28)21(14-20(23)29)35-26(38)34-6-7-36-8-10-39-11-9-36/h4-5,14-16H,6-13,17H2,1-3H3,(H2,34,35,38). The number of aromatic nitrogens is 2. The molecule has 0 radical (unpaired) electrons. The van der Waals surface area contributed by atoms with Crippen LogP contribution in [0.2, 0.25) is 25.7 Å². The molecule has 0 bridgehead atoms. The maximum Gasteiger partial charge on any atom is 0.418 e. The van der Waals surface area contributed by atoms with E-state index < -0.39 is 54.3 Å². The number of fused-ring (bicyclic) bond motifs is 1. The number of hydrogen-bond acceptors (Lipinski definition) is 6. The first kappa shape index (κ1) is 31.7. The van der Waals surface area contributed by atoms with E-state index >= 15 is 0 Å². The lowest BCUT2D eigenvalue weighted by atomic mass is 10.2. The van der Waals surface area contributed by atoms with E-state index in [-0.39, 0.29) is 24.7 Å². The lowest BCUT2D eigenvalue weighted by molar-refractivity contribution is -0.136. The molecular formula is C27H34F5N5O4Si. The number of pyridine rings is 1. The minimum absolute atomic E-state index is 0.0826. The lowest BCUT2D eigenvalue weighted by Gasteiger charge is -2.26. The second kappa shape index (κ2) is 13.4. The van der Waals surface area contributed by atoms with Crippen LogP contribution in [0.3, 0.4) is 0 Å². The second-order valence-corrected chi connectivity index (χ2v) is 16.7. The van der Waals surface area contributed by atoms with Crippen molar-refractivity contribution in [2.24, 2.45) is 0 Å². The highest BCUT2D eigenvalue weighted by molar-refractivity contribution is 6.76. The molecule has 0 aliphatic carbocycles. The molecule has 42 heavy (non-hydrogen) atoms. The van der Waals surface area contributed by atoms with Gasteiger partial charge in [-0.15, -0.1) is 0 Å². The molecule has 0 saturated carbocycles. The van der Waals surface area contributed by atoms with Gasteiger partial charge in [0.25, 0.3) is 0 Å². The van der Waals surface area contributed by atoms with Gasteiger partial charge in [0.05, 0.1) is 29.9 Å². The highest BCUT2D eigenvalue weighted by Gasteiger charge is 2.37. The van der Waals surface area contributed by atoms with Crippen molar-refractivity contribution in [3.05, 3.63) is 47.8 Å². The average Bonchev–Trinajstić information content (AvgIpc) is 3.30. The number of hydrogen-bond donors (Lipinski definition) is 2. The number of carbonyl (C=O) groups excluding carboxylic acids is 1. The van der Waals surface area contributed by atoms with E-state index in [1.54, 1.807) is 0 Å². The van der Waals surface area contributed by atoms with Crippen LogP contribution in [0.25, 0.3) is 11.0 Å². The predicted octanol–water partition coefficient (Wildman–Crippen LogP) is 5.89. The number of alkyl halides is 3. The second-order valence-electron chi connectivity index (χ2n) is 11.1. The quantitative estimate of drug-likeness (QED) is 0.159. The number of nitrogens with one attached hydrogen (secondary N) is 2. The molecule has 230 valence electrons. The predicted molar refractivity (Wildman–Crippen MR) is 150 cm³/mol. The fourth-order valence-electron chi connectivity index (χ4n) is 4.27. The Morgan fingerprint density at radius 2 is 1.86 bits per heavy atom. The summed E-state index contributed by atoms with van der Waals surface area (Å²) in [6.45, 7) is 10.2. The topological polar surface area (TPSA) is 89.9 Å². The van der Waals surface area contributed by atoms with Crippen molar-refractivity contribution in [3.8, 4) is 11.5 Å². The van der Waals surface area contributed by atoms with Gasteiger partial charge in [0.15, 0.2) is 17.4 Å². The van der Waals surface area contributed by atoms with Crippen molar-refractivity contribution >= 4 is 30.8 Å². The zero-order valence-electron chi connectivity index (χ0n) is 23.6. The van der Waals surface area contributed by atoms with Gasteiger partial charge < -0.3 is 29.4 Å². The number of ether oxygens (including phenoxy) is 3. The third kappa shape index (κ3) is 8.39. The van der Waals surface area contributed by atoms with Crippen LogP contribution in [-0.2, 0) is 22.4 Å². The molecular weight excluding hydrogens is 581 g/mol. The molecule has 0 atom stereocenters. The van der Waals surface area contributed by atoms with Gasteiger partial charge in [-0.3, -0.25) is 4.90 Å². The van der Waals surface area contributed by atoms with E-state index in [2.05, 4.69) is 40.2 Å². The minimum atomic E-state index is -4.78. The van der Waals surface area contributed by atoms with Gasteiger partial charge in [0.2, 0.25) is 0 Å². The van der Waals surface area contributed by atoms with Crippen molar-refractivity contribution in [2.45, 2.75) is 38.6 Å². The van der Waals surface area contributed by atoms with Crippen LogP contribution in [0.4, 0.5) is 32.4 Å². The Labute approximate surface area is 240 Å². The fraction of sp³-hybridized carbons (Fsp3) is 0.481. The Bertz CT molecular complexity index is 1390. The van der Waals surface area contributed by atoms with Gasteiger partial charge in [-0.2, -0.15) is 13.2 Å². The van der Waals surface area contributed by atoms with Crippen LogP contribution in [-0.4, -0.2) is 74.6 Å². The number of morpholine rings is 1. The van der Waals surface area contributed by atoms with Gasteiger partial charge in [0.1, 0.15) is 18.1 Å². The number of benzene rings is 1. The molecule has 4 rings (SSSR count). The molecule has 9 nitrogen and oxygen atoms in total. The molecule has 2 aromatic heterocycles. The van der Waals surface area contributed by atoms with Gasteiger partial charge in [-0.1, -0.05) is 19.6 Å². The Balaban J connectivity index is 1.49. The van der Waals surface area contributed by atoms with Crippen molar-refractivity contribution in [1.82, 2.24) is 19.8 Å². The minimum Gasteiger partial charge on any atom is -0.453 e. The van der Waals surface area contributed by atoms with Crippen LogP contribution in [0.15, 0.2) is 30.6 Å².